The molecule has 0 aliphatic carbocycles. The first-order valence-corrected chi connectivity index (χ1v) is 8.82. The van der Waals surface area contributed by atoms with Gasteiger partial charge in [-0.3, -0.25) is 4.79 Å². The number of benzene rings is 1. The van der Waals surface area contributed by atoms with Gasteiger partial charge < -0.3 is 14.6 Å². The van der Waals surface area contributed by atoms with Crippen molar-refractivity contribution in [3.05, 3.63) is 35.7 Å². The second kappa shape index (κ2) is 7.08. The maximum absolute atomic E-state index is 12.0. The molecule has 122 valence electrons. The van der Waals surface area contributed by atoms with Crippen LogP contribution in [0, 0.1) is 13.8 Å². The van der Waals surface area contributed by atoms with E-state index < -0.39 is 0 Å². The van der Waals surface area contributed by atoms with Crippen molar-refractivity contribution in [1.82, 2.24) is 4.98 Å². The van der Waals surface area contributed by atoms with Crippen LogP contribution < -0.4 is 10.2 Å². The molecule has 0 spiro atoms. The molecule has 0 unspecified atom stereocenters. The third-order valence-electron chi connectivity index (χ3n) is 3.96. The van der Waals surface area contributed by atoms with Crippen LogP contribution in [0.1, 0.15) is 24.3 Å². The third-order valence-corrected chi connectivity index (χ3v) is 4.79. The van der Waals surface area contributed by atoms with E-state index in [-0.39, 0.29) is 11.7 Å². The number of hydrogen-bond acceptors (Lipinski definition) is 5. The van der Waals surface area contributed by atoms with Crippen LogP contribution in [0.3, 0.4) is 0 Å². The van der Waals surface area contributed by atoms with Gasteiger partial charge in [0.2, 0.25) is 5.91 Å². The van der Waals surface area contributed by atoms with E-state index >= 15 is 0 Å². The molecule has 1 aliphatic rings. The van der Waals surface area contributed by atoms with Crippen LogP contribution in [-0.2, 0) is 4.79 Å². The fraction of sp³-hybridized carbons (Fsp3) is 0.412. The van der Waals surface area contributed by atoms with Crippen molar-refractivity contribution in [2.45, 2.75) is 31.9 Å². The van der Waals surface area contributed by atoms with Crippen molar-refractivity contribution < 1.29 is 9.21 Å². The van der Waals surface area contributed by atoms with E-state index in [0.717, 1.165) is 30.2 Å². The average Bonchev–Trinajstić information content (AvgIpc) is 3.17. The number of carbonyl (C=O) groups is 1. The van der Waals surface area contributed by atoms with Crippen molar-refractivity contribution in [3.8, 4) is 0 Å². The van der Waals surface area contributed by atoms with E-state index in [9.17, 15) is 4.79 Å². The summed E-state index contributed by atoms with van der Waals surface area (Å²) >= 11 is 1.31. The SMILES string of the molecule is Cc1nc(SCC(=O)Nc2ccc(N3CCCC3)cc2)oc1C. The fourth-order valence-corrected chi connectivity index (χ4v) is 3.27. The van der Waals surface area contributed by atoms with Gasteiger partial charge in [-0.2, -0.15) is 0 Å². The summed E-state index contributed by atoms with van der Waals surface area (Å²) in [6, 6.07) is 8.04. The monoisotopic (exact) mass is 331 g/mol. The van der Waals surface area contributed by atoms with E-state index in [1.54, 1.807) is 0 Å². The zero-order valence-electron chi connectivity index (χ0n) is 13.5. The predicted octanol–water partition coefficient (Wildman–Crippen LogP) is 3.62. The normalized spacial score (nSPS) is 14.3. The quantitative estimate of drug-likeness (QED) is 0.848. The second-order valence-electron chi connectivity index (χ2n) is 5.70. The highest BCUT2D eigenvalue weighted by Crippen LogP contribution is 2.23. The summed E-state index contributed by atoms with van der Waals surface area (Å²) in [4.78, 5) is 18.6. The minimum Gasteiger partial charge on any atom is -0.437 e. The Morgan fingerprint density at radius 3 is 2.57 bits per heavy atom. The summed E-state index contributed by atoms with van der Waals surface area (Å²) in [6.45, 7) is 6.01. The molecule has 2 aromatic rings. The predicted molar refractivity (Wildman–Crippen MR) is 93.2 cm³/mol. The molecule has 23 heavy (non-hydrogen) atoms. The van der Waals surface area contributed by atoms with Crippen LogP contribution >= 0.6 is 11.8 Å². The molecule has 1 fully saturated rings. The number of nitrogens with zero attached hydrogens (tertiary/aromatic N) is 2. The van der Waals surface area contributed by atoms with E-state index in [0.29, 0.717) is 5.22 Å². The molecule has 1 aromatic carbocycles. The molecule has 1 N–H and O–H groups in total. The van der Waals surface area contributed by atoms with Crippen molar-refractivity contribution >= 4 is 29.0 Å². The highest BCUT2D eigenvalue weighted by Gasteiger charge is 2.13. The fourth-order valence-electron chi connectivity index (χ4n) is 2.56. The molecule has 1 amide bonds. The number of anilines is 2. The number of rotatable bonds is 5. The largest absolute Gasteiger partial charge is 0.437 e. The van der Waals surface area contributed by atoms with Crippen molar-refractivity contribution in [1.29, 1.82) is 0 Å². The minimum atomic E-state index is -0.0579. The van der Waals surface area contributed by atoms with Gasteiger partial charge in [-0.25, -0.2) is 4.98 Å². The molecule has 0 bridgehead atoms. The maximum Gasteiger partial charge on any atom is 0.256 e. The Balaban J connectivity index is 1.51. The number of amides is 1. The van der Waals surface area contributed by atoms with Crippen molar-refractivity contribution in [2.75, 3.05) is 29.1 Å². The first-order valence-electron chi connectivity index (χ1n) is 7.83. The third kappa shape index (κ3) is 4.07. The van der Waals surface area contributed by atoms with Crippen LogP contribution in [0.25, 0.3) is 0 Å². The van der Waals surface area contributed by atoms with E-state index in [2.05, 4.69) is 27.3 Å². The lowest BCUT2D eigenvalue weighted by atomic mass is 10.2. The van der Waals surface area contributed by atoms with Gasteiger partial charge in [0.25, 0.3) is 5.22 Å². The summed E-state index contributed by atoms with van der Waals surface area (Å²) in [6.07, 6.45) is 2.52. The Labute approximate surface area is 140 Å². The second-order valence-corrected chi connectivity index (χ2v) is 6.63. The van der Waals surface area contributed by atoms with E-state index in [1.165, 1.54) is 30.3 Å². The van der Waals surface area contributed by atoms with Gasteiger partial charge >= 0.3 is 0 Å². The molecular formula is C17H21N3O2S. The maximum atomic E-state index is 12.0. The summed E-state index contributed by atoms with van der Waals surface area (Å²) in [5, 5.41) is 3.44. The molecule has 5 nitrogen and oxygen atoms in total. The van der Waals surface area contributed by atoms with Gasteiger partial charge in [0.1, 0.15) is 5.76 Å². The Morgan fingerprint density at radius 2 is 1.96 bits per heavy atom. The molecule has 0 atom stereocenters. The van der Waals surface area contributed by atoms with E-state index in [4.69, 9.17) is 4.42 Å². The zero-order valence-corrected chi connectivity index (χ0v) is 14.3. The minimum absolute atomic E-state index is 0.0579. The molecule has 1 aliphatic heterocycles. The van der Waals surface area contributed by atoms with Crippen LogP contribution in [0.4, 0.5) is 11.4 Å². The lowest BCUT2D eigenvalue weighted by molar-refractivity contribution is -0.113. The van der Waals surface area contributed by atoms with E-state index in [1.807, 2.05) is 26.0 Å². The number of nitrogens with one attached hydrogen (secondary N) is 1. The Morgan fingerprint density at radius 1 is 1.26 bits per heavy atom. The highest BCUT2D eigenvalue weighted by molar-refractivity contribution is 7.99. The molecule has 0 radical (unpaired) electrons. The molecule has 1 saturated heterocycles. The Kier molecular flexibility index (Phi) is 4.91. The summed E-state index contributed by atoms with van der Waals surface area (Å²) in [7, 11) is 0. The van der Waals surface area contributed by atoms with Gasteiger partial charge in [0.05, 0.1) is 11.4 Å². The van der Waals surface area contributed by atoms with Crippen LogP contribution in [0.2, 0.25) is 0 Å². The molecule has 0 saturated carbocycles. The van der Waals surface area contributed by atoms with Crippen molar-refractivity contribution in [2.24, 2.45) is 0 Å². The van der Waals surface area contributed by atoms with Crippen molar-refractivity contribution in [3.63, 3.8) is 0 Å². The summed E-state index contributed by atoms with van der Waals surface area (Å²) in [5.74, 6) is 1.02. The summed E-state index contributed by atoms with van der Waals surface area (Å²) in [5.41, 5.74) is 2.91. The first kappa shape index (κ1) is 15.9. The average molecular weight is 331 g/mol. The van der Waals surface area contributed by atoms with Crippen LogP contribution in [-0.4, -0.2) is 29.7 Å². The molecule has 1 aromatic heterocycles. The topological polar surface area (TPSA) is 58.4 Å². The zero-order chi connectivity index (χ0) is 16.2. The Hall–Kier alpha value is -1.95. The highest BCUT2D eigenvalue weighted by atomic mass is 32.2. The number of aryl methyl sites for hydroxylation is 2. The smallest absolute Gasteiger partial charge is 0.256 e. The number of oxazole rings is 1. The lowest BCUT2D eigenvalue weighted by Crippen LogP contribution is -2.18. The molecular weight excluding hydrogens is 310 g/mol. The van der Waals surface area contributed by atoms with Gasteiger partial charge in [-0.05, 0) is 51.0 Å². The molecule has 2 heterocycles. The molecule has 6 heteroatoms. The van der Waals surface area contributed by atoms with Crippen LogP contribution in [0.5, 0.6) is 0 Å². The number of hydrogen-bond donors (Lipinski definition) is 1. The number of carbonyl (C=O) groups excluding carboxylic acids is 1. The van der Waals surface area contributed by atoms with Gasteiger partial charge in [0.15, 0.2) is 0 Å². The first-order chi connectivity index (χ1) is 11.1. The summed E-state index contributed by atoms with van der Waals surface area (Å²) < 4.78 is 5.45. The number of aromatic nitrogens is 1. The van der Waals surface area contributed by atoms with Crippen LogP contribution in [0.15, 0.2) is 33.9 Å². The van der Waals surface area contributed by atoms with Gasteiger partial charge in [0, 0.05) is 24.5 Å². The Bertz CT molecular complexity index is 656. The number of thioether (sulfide) groups is 1. The standard InChI is InChI=1S/C17H21N3O2S/c1-12-13(2)22-17(18-12)23-11-16(21)19-14-5-7-15(8-6-14)20-9-3-4-10-20/h5-8H,3-4,9-11H2,1-2H3,(H,19,21). The van der Waals surface area contributed by atoms with Gasteiger partial charge in [-0.15, -0.1) is 0 Å². The van der Waals surface area contributed by atoms with Gasteiger partial charge in [-0.1, -0.05) is 11.8 Å². The lowest BCUT2D eigenvalue weighted by Gasteiger charge is -2.17. The molecule has 3 rings (SSSR count).